The number of nitrogens with one attached hydrogen (secondary N) is 1. The lowest BCUT2D eigenvalue weighted by Gasteiger charge is -2.23. The van der Waals surface area contributed by atoms with Crippen LogP contribution in [0, 0.1) is 6.92 Å². The molecule has 1 N–H and O–H groups in total. The highest BCUT2D eigenvalue weighted by Gasteiger charge is 2.21. The van der Waals surface area contributed by atoms with Crippen molar-refractivity contribution in [2.45, 2.75) is 13.5 Å². The van der Waals surface area contributed by atoms with Crippen molar-refractivity contribution in [3.05, 3.63) is 92.4 Å². The molecule has 3 rings (SSSR count). The van der Waals surface area contributed by atoms with Crippen molar-refractivity contribution >= 4 is 62.1 Å². The molecule has 5 nitrogen and oxygen atoms in total. The van der Waals surface area contributed by atoms with E-state index >= 15 is 0 Å². The summed E-state index contributed by atoms with van der Waals surface area (Å²) >= 11 is 18.5. The number of carbonyl (C=O) groups is 1. The Bertz CT molecular complexity index is 1210. The van der Waals surface area contributed by atoms with E-state index in [1.54, 1.807) is 60.7 Å². The highest BCUT2D eigenvalue weighted by molar-refractivity contribution is 7.92. The van der Waals surface area contributed by atoms with Gasteiger partial charge in [-0.25, -0.2) is 8.42 Å². The molecular formula is C22H19Cl3N2O3S. The van der Waals surface area contributed by atoms with E-state index in [2.05, 4.69) is 5.32 Å². The Morgan fingerprint density at radius 1 is 0.903 bits per heavy atom. The zero-order valence-electron chi connectivity index (χ0n) is 16.7. The van der Waals surface area contributed by atoms with Crippen molar-refractivity contribution < 1.29 is 13.2 Å². The highest BCUT2D eigenvalue weighted by atomic mass is 35.5. The third-order valence-electron chi connectivity index (χ3n) is 4.70. The first-order valence-corrected chi connectivity index (χ1v) is 12.1. The van der Waals surface area contributed by atoms with Gasteiger partial charge in [-0.05, 0) is 61.0 Å². The van der Waals surface area contributed by atoms with Gasteiger partial charge in [0.25, 0.3) is 5.91 Å². The predicted molar refractivity (Wildman–Crippen MR) is 128 cm³/mol. The fourth-order valence-corrected chi connectivity index (χ4v) is 4.50. The summed E-state index contributed by atoms with van der Waals surface area (Å²) in [6, 6.07) is 16.5. The molecule has 31 heavy (non-hydrogen) atoms. The lowest BCUT2D eigenvalue weighted by Crippen LogP contribution is -2.29. The number of hydrogen-bond acceptors (Lipinski definition) is 3. The molecule has 0 bridgehead atoms. The van der Waals surface area contributed by atoms with E-state index in [0.717, 1.165) is 11.8 Å². The summed E-state index contributed by atoms with van der Waals surface area (Å²) in [7, 11) is -3.64. The second-order valence-corrected chi connectivity index (χ2v) is 10.0. The zero-order valence-corrected chi connectivity index (χ0v) is 19.8. The summed E-state index contributed by atoms with van der Waals surface area (Å²) in [5.41, 5.74) is 2.61. The molecule has 0 spiro atoms. The Morgan fingerprint density at radius 2 is 1.45 bits per heavy atom. The molecule has 3 aromatic rings. The van der Waals surface area contributed by atoms with E-state index in [0.29, 0.717) is 37.6 Å². The quantitative estimate of drug-likeness (QED) is 0.442. The number of nitrogens with zero attached hydrogens (tertiary/aromatic N) is 1. The van der Waals surface area contributed by atoms with Gasteiger partial charge in [-0.1, -0.05) is 46.9 Å². The lowest BCUT2D eigenvalue weighted by atomic mass is 10.1. The van der Waals surface area contributed by atoms with Crippen molar-refractivity contribution in [1.82, 2.24) is 0 Å². The maximum absolute atomic E-state index is 12.6. The molecule has 9 heteroatoms. The molecule has 0 unspecified atom stereocenters. The molecule has 0 saturated carbocycles. The smallest absolute Gasteiger partial charge is 0.255 e. The van der Waals surface area contributed by atoms with E-state index in [9.17, 15) is 13.2 Å². The van der Waals surface area contributed by atoms with Gasteiger partial charge in [-0.3, -0.25) is 9.10 Å². The van der Waals surface area contributed by atoms with E-state index in [1.807, 2.05) is 6.92 Å². The van der Waals surface area contributed by atoms with Crippen molar-refractivity contribution in [2.75, 3.05) is 15.9 Å². The number of carbonyl (C=O) groups excluding carboxylic acids is 1. The number of amides is 1. The maximum atomic E-state index is 12.6. The molecule has 0 aliphatic carbocycles. The summed E-state index contributed by atoms with van der Waals surface area (Å²) in [6.07, 6.45) is 1.10. The largest absolute Gasteiger partial charge is 0.322 e. The summed E-state index contributed by atoms with van der Waals surface area (Å²) in [5, 5.41) is 4.10. The van der Waals surface area contributed by atoms with Gasteiger partial charge in [-0.2, -0.15) is 0 Å². The number of rotatable bonds is 6. The number of sulfonamides is 1. The first kappa shape index (κ1) is 23.4. The van der Waals surface area contributed by atoms with Gasteiger partial charge >= 0.3 is 0 Å². The zero-order chi connectivity index (χ0) is 22.8. The SMILES string of the molecule is Cc1c(Cl)cccc1NC(=O)c1ccc(N(Cc2c(Cl)cccc2Cl)S(C)(=O)=O)cc1. The third kappa shape index (κ3) is 5.52. The average Bonchev–Trinajstić information content (AvgIpc) is 2.70. The number of benzene rings is 3. The maximum Gasteiger partial charge on any atom is 0.255 e. The topological polar surface area (TPSA) is 66.5 Å². The molecule has 3 aromatic carbocycles. The Labute approximate surface area is 196 Å². The molecule has 0 aliphatic rings. The highest BCUT2D eigenvalue weighted by Crippen LogP contribution is 2.29. The van der Waals surface area contributed by atoms with Crippen molar-refractivity contribution in [1.29, 1.82) is 0 Å². The van der Waals surface area contributed by atoms with Crippen LogP contribution in [0.4, 0.5) is 11.4 Å². The first-order valence-electron chi connectivity index (χ1n) is 9.15. The average molecular weight is 498 g/mol. The first-order chi connectivity index (χ1) is 14.6. The van der Waals surface area contributed by atoms with Crippen LogP contribution in [0.2, 0.25) is 15.1 Å². The Hall–Kier alpha value is -2.25. The Balaban J connectivity index is 1.86. The predicted octanol–water partition coefficient (Wildman–Crippen LogP) is 6.17. The monoisotopic (exact) mass is 496 g/mol. The molecular weight excluding hydrogens is 479 g/mol. The van der Waals surface area contributed by atoms with Crippen molar-refractivity contribution in [3.63, 3.8) is 0 Å². The van der Waals surface area contributed by atoms with Crippen LogP contribution in [0.1, 0.15) is 21.5 Å². The van der Waals surface area contributed by atoms with Crippen LogP contribution in [-0.2, 0) is 16.6 Å². The normalized spacial score (nSPS) is 11.3. The van der Waals surface area contributed by atoms with Crippen LogP contribution in [0.5, 0.6) is 0 Å². The van der Waals surface area contributed by atoms with E-state index in [-0.39, 0.29) is 12.5 Å². The van der Waals surface area contributed by atoms with Crippen molar-refractivity contribution in [3.8, 4) is 0 Å². The Kier molecular flexibility index (Phi) is 7.17. The minimum atomic E-state index is -3.64. The molecule has 0 aromatic heterocycles. The summed E-state index contributed by atoms with van der Waals surface area (Å²) < 4.78 is 26.1. The molecule has 0 saturated heterocycles. The second kappa shape index (κ2) is 9.49. The minimum absolute atomic E-state index is 0.0371. The summed E-state index contributed by atoms with van der Waals surface area (Å²) in [5.74, 6) is -0.336. The van der Waals surface area contributed by atoms with Crippen LogP contribution >= 0.6 is 34.8 Å². The van der Waals surface area contributed by atoms with Gasteiger partial charge in [0.1, 0.15) is 0 Å². The molecule has 1 amide bonds. The minimum Gasteiger partial charge on any atom is -0.322 e. The second-order valence-electron chi connectivity index (χ2n) is 6.88. The molecule has 0 radical (unpaired) electrons. The van der Waals surface area contributed by atoms with Crippen LogP contribution in [-0.4, -0.2) is 20.6 Å². The molecule has 0 aliphatic heterocycles. The van der Waals surface area contributed by atoms with Gasteiger partial charge in [0.15, 0.2) is 0 Å². The standard InChI is InChI=1S/C22H19Cl3N2O3S/c1-14-18(23)5-4-8-21(14)26-22(28)15-9-11-16(12-10-15)27(31(2,29)30)13-17-19(24)6-3-7-20(17)25/h3-12H,13H2,1-2H3,(H,26,28). The van der Waals surface area contributed by atoms with Crippen molar-refractivity contribution in [2.24, 2.45) is 0 Å². The van der Waals surface area contributed by atoms with Gasteiger partial charge in [0.05, 0.1) is 18.5 Å². The fourth-order valence-electron chi connectivity index (χ4n) is 2.94. The summed E-state index contributed by atoms with van der Waals surface area (Å²) in [4.78, 5) is 12.6. The van der Waals surface area contributed by atoms with Gasteiger partial charge < -0.3 is 5.32 Å². The molecule has 0 atom stereocenters. The van der Waals surface area contributed by atoms with E-state index < -0.39 is 10.0 Å². The lowest BCUT2D eigenvalue weighted by molar-refractivity contribution is 0.102. The van der Waals surface area contributed by atoms with Crippen LogP contribution in [0.25, 0.3) is 0 Å². The molecule has 162 valence electrons. The van der Waals surface area contributed by atoms with Gasteiger partial charge in [-0.15, -0.1) is 0 Å². The molecule has 0 heterocycles. The van der Waals surface area contributed by atoms with Gasteiger partial charge in [0, 0.05) is 31.9 Å². The van der Waals surface area contributed by atoms with Crippen LogP contribution < -0.4 is 9.62 Å². The van der Waals surface area contributed by atoms with E-state index in [1.165, 1.54) is 4.31 Å². The van der Waals surface area contributed by atoms with Crippen LogP contribution in [0.15, 0.2) is 60.7 Å². The number of halogens is 3. The van der Waals surface area contributed by atoms with Gasteiger partial charge in [0.2, 0.25) is 10.0 Å². The molecule has 0 fully saturated rings. The third-order valence-corrected chi connectivity index (χ3v) is 6.96. The number of hydrogen-bond donors (Lipinski definition) is 1. The fraction of sp³-hybridized carbons (Fsp3) is 0.136. The number of anilines is 2. The Morgan fingerprint density at radius 3 is 2.03 bits per heavy atom. The van der Waals surface area contributed by atoms with Crippen LogP contribution in [0.3, 0.4) is 0 Å². The summed E-state index contributed by atoms with van der Waals surface area (Å²) in [6.45, 7) is 1.77. The van der Waals surface area contributed by atoms with E-state index in [4.69, 9.17) is 34.8 Å².